The van der Waals surface area contributed by atoms with Gasteiger partial charge in [0.1, 0.15) is 5.82 Å². The van der Waals surface area contributed by atoms with E-state index < -0.39 is 0 Å². The Kier molecular flexibility index (Phi) is 5.59. The van der Waals surface area contributed by atoms with Crippen LogP contribution in [0.2, 0.25) is 0 Å². The summed E-state index contributed by atoms with van der Waals surface area (Å²) >= 11 is 0. The molecule has 24 heavy (non-hydrogen) atoms. The van der Waals surface area contributed by atoms with Crippen molar-refractivity contribution in [2.75, 3.05) is 19.6 Å². The fraction of sp³-hybridized carbons (Fsp3) is 0.444. The van der Waals surface area contributed by atoms with Crippen molar-refractivity contribution in [1.29, 1.82) is 0 Å². The maximum Gasteiger partial charge on any atom is 0.234 e. The zero-order chi connectivity index (χ0) is 16.8. The van der Waals surface area contributed by atoms with E-state index in [1.807, 2.05) is 16.9 Å². The summed E-state index contributed by atoms with van der Waals surface area (Å²) < 4.78 is 14.8. The molecule has 128 valence electrons. The number of amides is 1. The van der Waals surface area contributed by atoms with Gasteiger partial charge in [0, 0.05) is 25.0 Å². The minimum atomic E-state index is -0.236. The first-order valence-corrected chi connectivity index (χ1v) is 8.43. The molecule has 1 N–H and O–H groups in total. The van der Waals surface area contributed by atoms with Gasteiger partial charge in [0.25, 0.3) is 0 Å². The summed E-state index contributed by atoms with van der Waals surface area (Å²) in [6.07, 6.45) is 6.67. The van der Waals surface area contributed by atoms with Crippen LogP contribution < -0.4 is 5.32 Å². The normalized spacial score (nSPS) is 18.0. The quantitative estimate of drug-likeness (QED) is 0.843. The Morgan fingerprint density at radius 1 is 1.33 bits per heavy atom. The van der Waals surface area contributed by atoms with Gasteiger partial charge in [0.15, 0.2) is 0 Å². The summed E-state index contributed by atoms with van der Waals surface area (Å²) in [5, 5.41) is 7.20. The van der Waals surface area contributed by atoms with Gasteiger partial charge in [-0.2, -0.15) is 5.10 Å². The number of carbonyl (C=O) groups excluding carboxylic acids is 1. The number of hydrogen-bond donors (Lipinski definition) is 1. The Bertz CT molecular complexity index is 642. The smallest absolute Gasteiger partial charge is 0.234 e. The van der Waals surface area contributed by atoms with Gasteiger partial charge in [-0.3, -0.25) is 14.4 Å². The minimum absolute atomic E-state index is 0.0458. The molecule has 0 aliphatic carbocycles. The van der Waals surface area contributed by atoms with Crippen molar-refractivity contribution in [2.24, 2.45) is 0 Å². The molecule has 0 unspecified atom stereocenters. The zero-order valence-corrected chi connectivity index (χ0v) is 13.7. The molecule has 6 heteroatoms. The maximum absolute atomic E-state index is 12.9. The molecular formula is C18H23FN4O. The van der Waals surface area contributed by atoms with Crippen LogP contribution in [0.1, 0.15) is 18.4 Å². The van der Waals surface area contributed by atoms with Gasteiger partial charge in [-0.1, -0.05) is 12.1 Å². The standard InChI is InChI=1S/C18H23FN4O/c19-16-6-4-15(5-7-16)8-10-20-18(24)14-22-11-1-3-17(22)13-23-12-2-9-21-23/h2,4-7,9,12,17H,1,3,8,10-11,13-14H2,(H,20,24)/t17-/m1/s1. The lowest BCUT2D eigenvalue weighted by molar-refractivity contribution is -0.122. The predicted molar refractivity (Wildman–Crippen MR) is 89.9 cm³/mol. The minimum Gasteiger partial charge on any atom is -0.355 e. The number of hydrogen-bond acceptors (Lipinski definition) is 3. The van der Waals surface area contributed by atoms with Crippen molar-refractivity contribution in [3.8, 4) is 0 Å². The van der Waals surface area contributed by atoms with Gasteiger partial charge in [-0.05, 0) is 49.6 Å². The van der Waals surface area contributed by atoms with Gasteiger partial charge in [-0.25, -0.2) is 4.39 Å². The maximum atomic E-state index is 12.9. The summed E-state index contributed by atoms with van der Waals surface area (Å²) in [7, 11) is 0. The molecule has 1 atom stereocenters. The van der Waals surface area contributed by atoms with Crippen molar-refractivity contribution < 1.29 is 9.18 Å². The second-order valence-electron chi connectivity index (χ2n) is 6.22. The largest absolute Gasteiger partial charge is 0.355 e. The summed E-state index contributed by atoms with van der Waals surface area (Å²) in [5.41, 5.74) is 1.02. The number of nitrogens with one attached hydrogen (secondary N) is 1. The van der Waals surface area contributed by atoms with E-state index in [-0.39, 0.29) is 11.7 Å². The van der Waals surface area contributed by atoms with Crippen LogP contribution in [-0.4, -0.2) is 46.3 Å². The molecular weight excluding hydrogens is 307 g/mol. The number of benzene rings is 1. The number of aromatic nitrogens is 2. The number of likely N-dealkylation sites (tertiary alicyclic amines) is 1. The Labute approximate surface area is 141 Å². The van der Waals surface area contributed by atoms with E-state index in [9.17, 15) is 9.18 Å². The first-order chi connectivity index (χ1) is 11.7. The molecule has 2 aromatic rings. The van der Waals surface area contributed by atoms with E-state index in [1.165, 1.54) is 12.1 Å². The highest BCUT2D eigenvalue weighted by molar-refractivity contribution is 5.78. The van der Waals surface area contributed by atoms with Gasteiger partial charge in [-0.15, -0.1) is 0 Å². The molecule has 2 heterocycles. The molecule has 3 rings (SSSR count). The van der Waals surface area contributed by atoms with Crippen LogP contribution in [0.25, 0.3) is 0 Å². The van der Waals surface area contributed by atoms with Crippen LogP contribution in [0, 0.1) is 5.82 Å². The highest BCUT2D eigenvalue weighted by atomic mass is 19.1. The third-order valence-electron chi connectivity index (χ3n) is 4.45. The highest BCUT2D eigenvalue weighted by Gasteiger charge is 2.26. The molecule has 1 saturated heterocycles. The molecule has 1 aromatic carbocycles. The molecule has 1 aliphatic rings. The second-order valence-corrected chi connectivity index (χ2v) is 6.22. The number of rotatable bonds is 7. The van der Waals surface area contributed by atoms with Crippen LogP contribution in [0.15, 0.2) is 42.7 Å². The highest BCUT2D eigenvalue weighted by Crippen LogP contribution is 2.18. The fourth-order valence-electron chi connectivity index (χ4n) is 3.17. The Morgan fingerprint density at radius 3 is 2.92 bits per heavy atom. The zero-order valence-electron chi connectivity index (χ0n) is 13.7. The van der Waals surface area contributed by atoms with Crippen molar-refractivity contribution in [3.63, 3.8) is 0 Å². The van der Waals surface area contributed by atoms with Crippen molar-refractivity contribution >= 4 is 5.91 Å². The lowest BCUT2D eigenvalue weighted by atomic mass is 10.1. The van der Waals surface area contributed by atoms with Crippen molar-refractivity contribution in [1.82, 2.24) is 20.0 Å². The Morgan fingerprint density at radius 2 is 2.17 bits per heavy atom. The van der Waals surface area contributed by atoms with E-state index in [0.29, 0.717) is 25.6 Å². The van der Waals surface area contributed by atoms with Crippen molar-refractivity contribution in [2.45, 2.75) is 31.8 Å². The third kappa shape index (κ3) is 4.64. The average Bonchev–Trinajstić information content (AvgIpc) is 3.22. The Hall–Kier alpha value is -2.21. The molecule has 1 amide bonds. The van der Waals surface area contributed by atoms with Crippen LogP contribution in [-0.2, 0) is 17.8 Å². The second kappa shape index (κ2) is 8.06. The summed E-state index contributed by atoms with van der Waals surface area (Å²) in [5.74, 6) is -0.190. The van der Waals surface area contributed by atoms with Gasteiger partial charge < -0.3 is 5.32 Å². The summed E-state index contributed by atoms with van der Waals surface area (Å²) in [4.78, 5) is 14.4. The molecule has 0 saturated carbocycles. The molecule has 5 nitrogen and oxygen atoms in total. The SMILES string of the molecule is O=C(CN1CCC[C@@H]1Cn1cccn1)NCCc1ccc(F)cc1. The van der Waals surface area contributed by atoms with Crippen LogP contribution in [0.4, 0.5) is 4.39 Å². The first-order valence-electron chi connectivity index (χ1n) is 8.43. The van der Waals surface area contributed by atoms with Crippen LogP contribution in [0.3, 0.4) is 0 Å². The molecule has 0 radical (unpaired) electrons. The van der Waals surface area contributed by atoms with Gasteiger partial charge in [0.05, 0.1) is 13.1 Å². The number of nitrogens with zero attached hydrogens (tertiary/aromatic N) is 3. The molecule has 1 aromatic heterocycles. The van der Waals surface area contributed by atoms with E-state index in [2.05, 4.69) is 15.3 Å². The lowest BCUT2D eigenvalue weighted by Gasteiger charge is -2.23. The van der Waals surface area contributed by atoms with Crippen LogP contribution in [0.5, 0.6) is 0 Å². The predicted octanol–water partition coefficient (Wildman–Crippen LogP) is 1.85. The van der Waals surface area contributed by atoms with E-state index in [4.69, 9.17) is 0 Å². The topological polar surface area (TPSA) is 50.2 Å². The number of carbonyl (C=O) groups is 1. The van der Waals surface area contributed by atoms with Gasteiger partial charge in [0.2, 0.25) is 5.91 Å². The molecule has 0 spiro atoms. The van der Waals surface area contributed by atoms with Crippen molar-refractivity contribution in [3.05, 3.63) is 54.1 Å². The van der Waals surface area contributed by atoms with E-state index in [0.717, 1.165) is 31.5 Å². The van der Waals surface area contributed by atoms with E-state index >= 15 is 0 Å². The third-order valence-corrected chi connectivity index (χ3v) is 4.45. The van der Waals surface area contributed by atoms with E-state index in [1.54, 1.807) is 18.3 Å². The lowest BCUT2D eigenvalue weighted by Crippen LogP contribution is -2.41. The summed E-state index contributed by atoms with van der Waals surface area (Å²) in [6.45, 7) is 2.78. The fourth-order valence-corrected chi connectivity index (χ4v) is 3.17. The monoisotopic (exact) mass is 330 g/mol. The van der Waals surface area contributed by atoms with Gasteiger partial charge >= 0.3 is 0 Å². The van der Waals surface area contributed by atoms with Crippen LogP contribution >= 0.6 is 0 Å². The molecule has 0 bridgehead atoms. The first kappa shape index (κ1) is 16.6. The molecule has 1 aliphatic heterocycles. The Balaban J connectivity index is 1.41. The number of halogens is 1. The summed E-state index contributed by atoms with van der Waals surface area (Å²) in [6, 6.07) is 8.68. The average molecular weight is 330 g/mol. The molecule has 1 fully saturated rings.